The van der Waals surface area contributed by atoms with Gasteiger partial charge in [-0.2, -0.15) is 0 Å². The van der Waals surface area contributed by atoms with E-state index in [2.05, 4.69) is 5.32 Å². The summed E-state index contributed by atoms with van der Waals surface area (Å²) >= 11 is 6.09. The van der Waals surface area contributed by atoms with Gasteiger partial charge in [0.2, 0.25) is 11.8 Å². The van der Waals surface area contributed by atoms with Crippen LogP contribution in [0, 0.1) is 0 Å². The van der Waals surface area contributed by atoms with Crippen molar-refractivity contribution in [1.82, 2.24) is 4.90 Å². The predicted octanol–water partition coefficient (Wildman–Crippen LogP) is 3.63. The first kappa shape index (κ1) is 20.0. The molecule has 2 fully saturated rings. The first-order valence-corrected chi connectivity index (χ1v) is 10.1. The largest absolute Gasteiger partial charge is 0.489 e. The summed E-state index contributed by atoms with van der Waals surface area (Å²) in [6.45, 7) is 1.89. The Hall–Kier alpha value is -1.79. The maximum Gasteiger partial charge on any atom is 0.244 e. The number of hydrogen-bond donors (Lipinski definition) is 1. The van der Waals surface area contributed by atoms with Gasteiger partial charge in [0.15, 0.2) is 0 Å². The lowest BCUT2D eigenvalue weighted by Crippen LogP contribution is -2.39. The van der Waals surface area contributed by atoms with Crippen molar-refractivity contribution in [2.45, 2.75) is 51.0 Å². The topological polar surface area (TPSA) is 67.9 Å². The van der Waals surface area contributed by atoms with E-state index in [0.717, 1.165) is 45.1 Å². The van der Waals surface area contributed by atoms with Crippen LogP contribution in [-0.4, -0.2) is 49.1 Å². The van der Waals surface area contributed by atoms with Crippen LogP contribution < -0.4 is 10.1 Å². The zero-order valence-corrected chi connectivity index (χ0v) is 16.3. The number of nitrogens with one attached hydrogen (secondary N) is 1. The number of rotatable bonds is 6. The molecule has 1 unspecified atom stereocenters. The maximum atomic E-state index is 12.5. The Morgan fingerprint density at radius 3 is 2.93 bits per heavy atom. The van der Waals surface area contributed by atoms with Gasteiger partial charge in [0.1, 0.15) is 12.4 Å². The molecule has 0 aliphatic carbocycles. The van der Waals surface area contributed by atoms with Gasteiger partial charge in [-0.25, -0.2) is 0 Å². The standard InChI is InChI=1S/C20H27ClN2O4/c21-15-8-9-18(27-14-16-6-5-11-26-16)17(12-15)22-19(24)13-23-10-4-2-1-3-7-20(23)25/h8-9,12,16H,1-7,10-11,13-14H2,(H,22,24). The molecule has 0 bridgehead atoms. The summed E-state index contributed by atoms with van der Waals surface area (Å²) < 4.78 is 11.4. The molecule has 6 nitrogen and oxygen atoms in total. The van der Waals surface area contributed by atoms with Crippen LogP contribution in [0.4, 0.5) is 5.69 Å². The quantitative estimate of drug-likeness (QED) is 0.800. The van der Waals surface area contributed by atoms with Crippen LogP contribution >= 0.6 is 11.6 Å². The molecule has 2 aliphatic rings. The number of carbonyl (C=O) groups excluding carboxylic acids is 2. The molecule has 0 aromatic heterocycles. The van der Waals surface area contributed by atoms with E-state index in [0.29, 0.717) is 36.0 Å². The molecule has 0 spiro atoms. The van der Waals surface area contributed by atoms with Crippen molar-refractivity contribution in [3.8, 4) is 5.75 Å². The summed E-state index contributed by atoms with van der Waals surface area (Å²) in [5.41, 5.74) is 0.519. The van der Waals surface area contributed by atoms with E-state index in [1.807, 2.05) is 0 Å². The Labute approximate surface area is 165 Å². The summed E-state index contributed by atoms with van der Waals surface area (Å²) in [4.78, 5) is 26.4. The number of carbonyl (C=O) groups is 2. The van der Waals surface area contributed by atoms with Gasteiger partial charge in [-0.1, -0.05) is 24.4 Å². The van der Waals surface area contributed by atoms with Crippen LogP contribution in [0.3, 0.4) is 0 Å². The van der Waals surface area contributed by atoms with E-state index in [9.17, 15) is 9.59 Å². The molecule has 2 saturated heterocycles. The molecule has 148 valence electrons. The number of anilines is 1. The zero-order chi connectivity index (χ0) is 19.1. The molecular formula is C20H27ClN2O4. The van der Waals surface area contributed by atoms with Gasteiger partial charge in [-0.3, -0.25) is 9.59 Å². The Morgan fingerprint density at radius 1 is 1.26 bits per heavy atom. The molecule has 1 atom stereocenters. The normalized spacial score (nSPS) is 20.9. The molecule has 7 heteroatoms. The second-order valence-corrected chi connectivity index (χ2v) is 7.55. The SMILES string of the molecule is O=C(CN1CCCCCCC1=O)Nc1cc(Cl)ccc1OCC1CCCO1. The molecule has 2 aliphatic heterocycles. The van der Waals surface area contributed by atoms with Gasteiger partial charge >= 0.3 is 0 Å². The minimum absolute atomic E-state index is 0.0470. The average molecular weight is 395 g/mol. The third-order valence-corrected chi connectivity index (χ3v) is 5.16. The fourth-order valence-corrected chi connectivity index (χ4v) is 3.60. The number of halogens is 1. The Kier molecular flexibility index (Phi) is 7.35. The Bertz CT molecular complexity index is 661. The van der Waals surface area contributed by atoms with E-state index < -0.39 is 0 Å². The molecule has 0 saturated carbocycles. The number of likely N-dealkylation sites (tertiary alicyclic amines) is 1. The molecule has 2 amide bonds. The number of benzene rings is 1. The minimum atomic E-state index is -0.242. The summed E-state index contributed by atoms with van der Waals surface area (Å²) in [6.07, 6.45) is 6.64. The fourth-order valence-electron chi connectivity index (χ4n) is 3.43. The van der Waals surface area contributed by atoms with Gasteiger partial charge in [-0.15, -0.1) is 0 Å². The number of hydrogen-bond acceptors (Lipinski definition) is 4. The van der Waals surface area contributed by atoms with Gasteiger partial charge in [-0.05, 0) is 43.9 Å². The highest BCUT2D eigenvalue weighted by Gasteiger charge is 2.20. The number of ether oxygens (including phenoxy) is 2. The molecule has 1 aromatic carbocycles. The summed E-state index contributed by atoms with van der Waals surface area (Å²) in [5.74, 6) is 0.362. The van der Waals surface area contributed by atoms with Crippen molar-refractivity contribution in [3.05, 3.63) is 23.2 Å². The van der Waals surface area contributed by atoms with Gasteiger partial charge < -0.3 is 19.7 Å². The molecular weight excluding hydrogens is 368 g/mol. The van der Waals surface area contributed by atoms with Crippen LogP contribution in [0.15, 0.2) is 18.2 Å². The van der Waals surface area contributed by atoms with E-state index in [4.69, 9.17) is 21.1 Å². The van der Waals surface area contributed by atoms with Crippen LogP contribution in [0.5, 0.6) is 5.75 Å². The summed E-state index contributed by atoms with van der Waals surface area (Å²) in [7, 11) is 0. The summed E-state index contributed by atoms with van der Waals surface area (Å²) in [6, 6.07) is 5.14. The molecule has 1 aromatic rings. The van der Waals surface area contributed by atoms with E-state index >= 15 is 0 Å². The Morgan fingerprint density at radius 2 is 2.11 bits per heavy atom. The zero-order valence-electron chi connectivity index (χ0n) is 15.5. The molecule has 1 N–H and O–H groups in total. The van der Waals surface area contributed by atoms with E-state index in [1.54, 1.807) is 23.1 Å². The van der Waals surface area contributed by atoms with Gasteiger partial charge in [0.25, 0.3) is 0 Å². The first-order valence-electron chi connectivity index (χ1n) is 9.73. The first-order chi connectivity index (χ1) is 13.1. The minimum Gasteiger partial charge on any atom is -0.489 e. The number of nitrogens with zero attached hydrogens (tertiary/aromatic N) is 1. The van der Waals surface area contributed by atoms with Crippen molar-refractivity contribution >= 4 is 29.1 Å². The van der Waals surface area contributed by atoms with Crippen molar-refractivity contribution in [3.63, 3.8) is 0 Å². The van der Waals surface area contributed by atoms with Crippen molar-refractivity contribution in [2.24, 2.45) is 0 Å². The Balaban J connectivity index is 1.60. The lowest BCUT2D eigenvalue weighted by Gasteiger charge is -2.24. The molecule has 27 heavy (non-hydrogen) atoms. The van der Waals surface area contributed by atoms with Gasteiger partial charge in [0.05, 0.1) is 18.3 Å². The molecule has 0 radical (unpaired) electrons. The van der Waals surface area contributed by atoms with Gasteiger partial charge in [0, 0.05) is 24.6 Å². The monoisotopic (exact) mass is 394 g/mol. The number of amides is 2. The van der Waals surface area contributed by atoms with Crippen molar-refractivity contribution < 1.29 is 19.1 Å². The highest BCUT2D eigenvalue weighted by Crippen LogP contribution is 2.29. The van der Waals surface area contributed by atoms with Crippen LogP contribution in [0.1, 0.15) is 44.9 Å². The second kappa shape index (κ2) is 9.95. The molecule has 2 heterocycles. The molecule has 3 rings (SSSR count). The lowest BCUT2D eigenvalue weighted by atomic mass is 10.1. The third-order valence-electron chi connectivity index (χ3n) is 4.92. The second-order valence-electron chi connectivity index (χ2n) is 7.11. The van der Waals surface area contributed by atoms with Crippen LogP contribution in [0.2, 0.25) is 5.02 Å². The smallest absolute Gasteiger partial charge is 0.244 e. The van der Waals surface area contributed by atoms with Crippen LogP contribution in [-0.2, 0) is 14.3 Å². The fraction of sp³-hybridized carbons (Fsp3) is 0.600. The predicted molar refractivity (Wildman–Crippen MR) is 104 cm³/mol. The maximum absolute atomic E-state index is 12.5. The third kappa shape index (κ3) is 6.11. The highest BCUT2D eigenvalue weighted by molar-refractivity contribution is 6.31. The van der Waals surface area contributed by atoms with E-state index in [1.165, 1.54) is 0 Å². The van der Waals surface area contributed by atoms with Crippen molar-refractivity contribution in [1.29, 1.82) is 0 Å². The average Bonchev–Trinajstić information content (AvgIpc) is 3.14. The van der Waals surface area contributed by atoms with Crippen molar-refractivity contribution in [2.75, 3.05) is 31.6 Å². The highest BCUT2D eigenvalue weighted by atomic mass is 35.5. The summed E-state index contributed by atoms with van der Waals surface area (Å²) in [5, 5.41) is 3.36. The van der Waals surface area contributed by atoms with E-state index in [-0.39, 0.29) is 24.5 Å². The van der Waals surface area contributed by atoms with Crippen LogP contribution in [0.25, 0.3) is 0 Å². The lowest BCUT2D eigenvalue weighted by molar-refractivity contribution is -0.135.